The Hall–Kier alpha value is -4.11. The first kappa shape index (κ1) is 23.1. The Labute approximate surface area is 197 Å². The van der Waals surface area contributed by atoms with E-state index in [-0.39, 0.29) is 17.3 Å². The highest BCUT2D eigenvalue weighted by Crippen LogP contribution is 2.25. The summed E-state index contributed by atoms with van der Waals surface area (Å²) in [5.41, 5.74) is 3.08. The number of nitrogens with one attached hydrogen (secondary N) is 2. The second-order valence-corrected chi connectivity index (χ2v) is 9.34. The molecule has 0 aliphatic carbocycles. The minimum atomic E-state index is -3.80. The molecule has 3 aromatic carbocycles. The summed E-state index contributed by atoms with van der Waals surface area (Å²) in [5, 5.41) is 7.59. The van der Waals surface area contributed by atoms with Gasteiger partial charge in [-0.25, -0.2) is 4.83 Å². The van der Waals surface area contributed by atoms with Gasteiger partial charge < -0.3 is 14.6 Å². The number of carbonyl (C=O) groups is 1. The van der Waals surface area contributed by atoms with Crippen molar-refractivity contribution in [3.8, 4) is 5.75 Å². The molecule has 4 aromatic rings. The summed E-state index contributed by atoms with van der Waals surface area (Å²) in [6.45, 7) is 1.95. The first-order chi connectivity index (χ1) is 16.4. The maximum Gasteiger partial charge on any atom is 0.276 e. The number of fused-ring (bicyclic) bond motifs is 1. The van der Waals surface area contributed by atoms with Gasteiger partial charge in [-0.2, -0.15) is 13.5 Å². The number of hydrogen-bond acceptors (Lipinski definition) is 5. The Balaban J connectivity index is 1.59. The standard InChI is InChI=1S/C25H24N4O4S/c1-18-8-11-22(12-9-18)34(31,32)28-26-15-19-16-29(24-13-10-21(33-2)14-23(19)24)17-25(30)27-20-6-4-3-5-7-20/h3-16,28H,17H2,1-2H3,(H,27,30)/b26-15+. The number of hydrazone groups is 1. The third kappa shape index (κ3) is 5.26. The van der Waals surface area contributed by atoms with Crippen molar-refractivity contribution < 1.29 is 17.9 Å². The number of para-hydroxylation sites is 1. The molecule has 0 saturated heterocycles. The highest BCUT2D eigenvalue weighted by molar-refractivity contribution is 7.89. The van der Waals surface area contributed by atoms with Gasteiger partial charge in [0, 0.05) is 28.4 Å². The highest BCUT2D eigenvalue weighted by Gasteiger charge is 2.14. The van der Waals surface area contributed by atoms with Crippen molar-refractivity contribution in [1.29, 1.82) is 0 Å². The zero-order valence-corrected chi connectivity index (χ0v) is 19.5. The molecule has 4 rings (SSSR count). The molecule has 0 fully saturated rings. The summed E-state index contributed by atoms with van der Waals surface area (Å²) in [4.78, 5) is 15.0. The zero-order valence-electron chi connectivity index (χ0n) is 18.7. The number of carbonyl (C=O) groups excluding carboxylic acids is 1. The highest BCUT2D eigenvalue weighted by atomic mass is 32.2. The van der Waals surface area contributed by atoms with Crippen LogP contribution in [0, 0.1) is 6.92 Å². The van der Waals surface area contributed by atoms with Crippen molar-refractivity contribution >= 4 is 38.7 Å². The van der Waals surface area contributed by atoms with Crippen molar-refractivity contribution in [2.45, 2.75) is 18.4 Å². The van der Waals surface area contributed by atoms with Crippen LogP contribution in [0.4, 0.5) is 5.69 Å². The van der Waals surface area contributed by atoms with E-state index < -0.39 is 10.0 Å². The van der Waals surface area contributed by atoms with Gasteiger partial charge in [-0.15, -0.1) is 0 Å². The Morgan fingerprint density at radius 1 is 1.06 bits per heavy atom. The molecular formula is C25H24N4O4S. The Morgan fingerprint density at radius 3 is 2.50 bits per heavy atom. The van der Waals surface area contributed by atoms with Gasteiger partial charge in [0.05, 0.1) is 18.2 Å². The number of ether oxygens (including phenoxy) is 1. The van der Waals surface area contributed by atoms with Crippen LogP contribution in [0.25, 0.3) is 10.9 Å². The molecule has 1 aromatic heterocycles. The molecule has 2 N–H and O–H groups in total. The monoisotopic (exact) mass is 476 g/mol. The number of methoxy groups -OCH3 is 1. The maximum absolute atomic E-state index is 12.6. The average molecular weight is 477 g/mol. The molecule has 8 nitrogen and oxygen atoms in total. The van der Waals surface area contributed by atoms with Crippen LogP contribution in [0.5, 0.6) is 5.75 Å². The van der Waals surface area contributed by atoms with Crippen molar-refractivity contribution in [2.75, 3.05) is 12.4 Å². The number of sulfonamides is 1. The Kier molecular flexibility index (Phi) is 6.65. The molecular weight excluding hydrogens is 452 g/mol. The van der Waals surface area contributed by atoms with E-state index in [0.29, 0.717) is 17.0 Å². The minimum Gasteiger partial charge on any atom is -0.497 e. The summed E-state index contributed by atoms with van der Waals surface area (Å²) >= 11 is 0. The number of benzene rings is 3. The number of aryl methyl sites for hydroxylation is 1. The van der Waals surface area contributed by atoms with Gasteiger partial charge in [-0.05, 0) is 49.4 Å². The predicted molar refractivity (Wildman–Crippen MR) is 133 cm³/mol. The number of aromatic nitrogens is 1. The second-order valence-electron chi connectivity index (χ2n) is 7.68. The van der Waals surface area contributed by atoms with Gasteiger partial charge in [-0.3, -0.25) is 4.79 Å². The van der Waals surface area contributed by atoms with Crippen LogP contribution in [-0.2, 0) is 21.4 Å². The Bertz CT molecular complexity index is 1440. The summed E-state index contributed by atoms with van der Waals surface area (Å²) in [5.74, 6) is 0.441. The zero-order chi connectivity index (χ0) is 24.1. The maximum atomic E-state index is 12.6. The molecule has 0 atom stereocenters. The van der Waals surface area contributed by atoms with Crippen LogP contribution in [0.15, 0.2) is 89.0 Å². The molecule has 1 heterocycles. The van der Waals surface area contributed by atoms with Crippen LogP contribution >= 0.6 is 0 Å². The van der Waals surface area contributed by atoms with E-state index in [1.165, 1.54) is 18.3 Å². The molecule has 1 amide bonds. The fourth-order valence-electron chi connectivity index (χ4n) is 3.48. The lowest BCUT2D eigenvalue weighted by Crippen LogP contribution is -2.18. The summed E-state index contributed by atoms with van der Waals surface area (Å²) in [6, 6.07) is 21.1. The van der Waals surface area contributed by atoms with Crippen molar-refractivity contribution in [3.63, 3.8) is 0 Å². The lowest BCUT2D eigenvalue weighted by atomic mass is 10.2. The minimum absolute atomic E-state index is 0.0701. The Morgan fingerprint density at radius 2 is 1.79 bits per heavy atom. The van der Waals surface area contributed by atoms with Gasteiger partial charge in [0.25, 0.3) is 10.0 Å². The number of anilines is 1. The van der Waals surface area contributed by atoms with E-state index in [1.807, 2.05) is 49.4 Å². The summed E-state index contributed by atoms with van der Waals surface area (Å²) < 4.78 is 32.1. The summed E-state index contributed by atoms with van der Waals surface area (Å²) in [6.07, 6.45) is 3.16. The largest absolute Gasteiger partial charge is 0.497 e. The van der Waals surface area contributed by atoms with E-state index >= 15 is 0 Å². The van der Waals surface area contributed by atoms with E-state index in [9.17, 15) is 13.2 Å². The number of rotatable bonds is 8. The van der Waals surface area contributed by atoms with Crippen molar-refractivity contribution in [1.82, 2.24) is 9.40 Å². The average Bonchev–Trinajstić information content (AvgIpc) is 3.16. The number of hydrogen-bond donors (Lipinski definition) is 2. The van der Waals surface area contributed by atoms with Crippen molar-refractivity contribution in [2.24, 2.45) is 5.10 Å². The fraction of sp³-hybridized carbons (Fsp3) is 0.120. The normalized spacial score (nSPS) is 11.6. The molecule has 174 valence electrons. The smallest absolute Gasteiger partial charge is 0.276 e. The lowest BCUT2D eigenvalue weighted by molar-refractivity contribution is -0.116. The number of nitrogens with zero attached hydrogens (tertiary/aromatic N) is 2. The number of amides is 1. The van der Waals surface area contributed by atoms with Gasteiger partial charge in [0.2, 0.25) is 5.91 Å². The topological polar surface area (TPSA) is 102 Å². The molecule has 0 aliphatic heterocycles. The van der Waals surface area contributed by atoms with Gasteiger partial charge in [-0.1, -0.05) is 35.9 Å². The van der Waals surface area contributed by atoms with Gasteiger partial charge in [0.15, 0.2) is 0 Å². The molecule has 34 heavy (non-hydrogen) atoms. The van der Waals surface area contributed by atoms with Gasteiger partial charge >= 0.3 is 0 Å². The second kappa shape index (κ2) is 9.80. The molecule has 0 aliphatic rings. The SMILES string of the molecule is COc1ccc2c(c1)c(/C=N/NS(=O)(=O)c1ccc(C)cc1)cn2CC(=O)Nc1ccccc1. The third-order valence-electron chi connectivity index (χ3n) is 5.20. The van der Waals surface area contributed by atoms with E-state index in [4.69, 9.17) is 4.74 Å². The molecule has 0 radical (unpaired) electrons. The fourth-order valence-corrected chi connectivity index (χ4v) is 4.27. The van der Waals surface area contributed by atoms with Crippen LogP contribution in [-0.4, -0.2) is 32.2 Å². The van der Waals surface area contributed by atoms with Gasteiger partial charge in [0.1, 0.15) is 12.3 Å². The van der Waals surface area contributed by atoms with E-state index in [1.54, 1.807) is 36.1 Å². The van der Waals surface area contributed by atoms with Crippen molar-refractivity contribution in [3.05, 3.63) is 90.1 Å². The predicted octanol–water partition coefficient (Wildman–Crippen LogP) is 3.91. The molecule has 0 spiro atoms. The lowest BCUT2D eigenvalue weighted by Gasteiger charge is -2.07. The van der Waals surface area contributed by atoms with E-state index in [2.05, 4.69) is 15.2 Å². The molecule has 0 saturated carbocycles. The van der Waals surface area contributed by atoms with Crippen LogP contribution in [0.2, 0.25) is 0 Å². The first-order valence-corrected chi connectivity index (χ1v) is 12.0. The van der Waals surface area contributed by atoms with Crippen LogP contribution in [0.3, 0.4) is 0 Å². The van der Waals surface area contributed by atoms with Crippen LogP contribution < -0.4 is 14.9 Å². The molecule has 0 bridgehead atoms. The van der Waals surface area contributed by atoms with E-state index in [0.717, 1.165) is 16.5 Å². The third-order valence-corrected chi connectivity index (χ3v) is 6.44. The molecule has 0 unspecified atom stereocenters. The quantitative estimate of drug-likeness (QED) is 0.297. The van der Waals surface area contributed by atoms with Crippen LogP contribution in [0.1, 0.15) is 11.1 Å². The molecule has 9 heteroatoms. The summed E-state index contributed by atoms with van der Waals surface area (Å²) in [7, 11) is -2.24. The first-order valence-electron chi connectivity index (χ1n) is 10.5.